The van der Waals surface area contributed by atoms with E-state index in [4.69, 9.17) is 9.84 Å². The van der Waals surface area contributed by atoms with Gasteiger partial charge in [-0.1, -0.05) is 0 Å². The van der Waals surface area contributed by atoms with Crippen molar-refractivity contribution in [2.24, 2.45) is 0 Å². The number of hydrogen-bond donors (Lipinski definition) is 2. The first kappa shape index (κ1) is 19.1. The number of ether oxygens (including phenoxy) is 1. The fourth-order valence-corrected chi connectivity index (χ4v) is 1.78. The van der Waals surface area contributed by atoms with Crippen molar-refractivity contribution in [2.45, 2.75) is 39.2 Å². The Morgan fingerprint density at radius 2 is 2.00 bits per heavy atom. The van der Waals surface area contributed by atoms with Crippen LogP contribution in [-0.4, -0.2) is 48.0 Å². The molecule has 23 heavy (non-hydrogen) atoms. The summed E-state index contributed by atoms with van der Waals surface area (Å²) in [5.74, 6) is 0.666. The highest BCUT2D eigenvalue weighted by molar-refractivity contribution is 5.89. The Bertz CT molecular complexity index is 547. The Balaban J connectivity index is 2.68. The molecule has 0 aromatic heterocycles. The van der Waals surface area contributed by atoms with E-state index in [1.165, 1.54) is 7.05 Å². The summed E-state index contributed by atoms with van der Waals surface area (Å²) in [6.45, 7) is 4.72. The molecule has 0 unspecified atom stereocenters. The highest BCUT2D eigenvalue weighted by Crippen LogP contribution is 2.24. The van der Waals surface area contributed by atoms with Crippen molar-refractivity contribution in [3.05, 3.63) is 23.8 Å². The van der Waals surface area contributed by atoms with Gasteiger partial charge in [0.15, 0.2) is 6.10 Å². The molecule has 0 heterocycles. The quantitative estimate of drug-likeness (QED) is 0.869. The van der Waals surface area contributed by atoms with Crippen molar-refractivity contribution in [3.63, 3.8) is 0 Å². The molecule has 1 aromatic carbocycles. The number of likely N-dealkylation sites (N-methyl/N-ethyl adjacent to an activating group) is 1. The number of aliphatic hydroxyl groups excluding tert-OH is 1. The first-order chi connectivity index (χ1) is 10.5. The fourth-order valence-electron chi connectivity index (χ4n) is 1.78. The Kier molecular flexibility index (Phi) is 6.26. The van der Waals surface area contributed by atoms with E-state index >= 15 is 0 Å². The van der Waals surface area contributed by atoms with Gasteiger partial charge in [0.1, 0.15) is 5.75 Å². The summed E-state index contributed by atoms with van der Waals surface area (Å²) >= 11 is 0. The summed E-state index contributed by atoms with van der Waals surface area (Å²) in [6, 6.07) is 4.18. The van der Waals surface area contributed by atoms with Crippen LogP contribution in [0.3, 0.4) is 0 Å². The first-order valence-electron chi connectivity index (χ1n) is 7.05. The molecule has 130 valence electrons. The molecule has 0 radical (unpaired) electrons. The van der Waals surface area contributed by atoms with Gasteiger partial charge in [0, 0.05) is 12.7 Å². The second-order valence-corrected chi connectivity index (χ2v) is 5.51. The largest absolute Gasteiger partial charge is 0.491 e. The number of aryl methyl sites for hydroxylation is 1. The second kappa shape index (κ2) is 7.54. The lowest BCUT2D eigenvalue weighted by atomic mass is 10.2. The Morgan fingerprint density at radius 3 is 2.48 bits per heavy atom. The van der Waals surface area contributed by atoms with Crippen molar-refractivity contribution < 1.29 is 27.8 Å². The number of amides is 2. The Hall–Kier alpha value is -1.96. The van der Waals surface area contributed by atoms with Gasteiger partial charge in [-0.2, -0.15) is 13.2 Å². The summed E-state index contributed by atoms with van der Waals surface area (Å²) in [4.78, 5) is 12.6. The van der Waals surface area contributed by atoms with Crippen LogP contribution in [0.4, 0.5) is 23.7 Å². The van der Waals surface area contributed by atoms with Gasteiger partial charge in [-0.05, 0) is 44.5 Å². The molecule has 0 spiro atoms. The van der Waals surface area contributed by atoms with Crippen molar-refractivity contribution in [1.82, 2.24) is 4.90 Å². The number of alkyl halides is 3. The van der Waals surface area contributed by atoms with E-state index in [9.17, 15) is 18.0 Å². The van der Waals surface area contributed by atoms with Crippen LogP contribution in [-0.2, 0) is 0 Å². The summed E-state index contributed by atoms with van der Waals surface area (Å²) in [5, 5.41) is 11.4. The van der Waals surface area contributed by atoms with Gasteiger partial charge >= 0.3 is 12.2 Å². The number of nitrogens with zero attached hydrogens (tertiary/aromatic N) is 1. The molecule has 0 fully saturated rings. The topological polar surface area (TPSA) is 61.8 Å². The molecule has 5 nitrogen and oxygen atoms in total. The number of rotatable bonds is 5. The summed E-state index contributed by atoms with van der Waals surface area (Å²) in [5.41, 5.74) is 1.21. The molecule has 1 aromatic rings. The molecular weight excluding hydrogens is 313 g/mol. The maximum atomic E-state index is 12.3. The van der Waals surface area contributed by atoms with Crippen LogP contribution in [0.1, 0.15) is 19.4 Å². The van der Waals surface area contributed by atoms with Crippen LogP contribution < -0.4 is 10.1 Å². The van der Waals surface area contributed by atoms with E-state index in [0.29, 0.717) is 11.4 Å². The molecule has 1 rings (SSSR count). The van der Waals surface area contributed by atoms with Gasteiger partial charge < -0.3 is 20.1 Å². The first-order valence-corrected chi connectivity index (χ1v) is 7.05. The lowest BCUT2D eigenvalue weighted by Gasteiger charge is -2.23. The van der Waals surface area contributed by atoms with Crippen LogP contribution in [0, 0.1) is 6.92 Å². The van der Waals surface area contributed by atoms with Crippen molar-refractivity contribution in [3.8, 4) is 5.75 Å². The number of carbonyl (C=O) groups is 1. The SMILES string of the molecule is Cc1cc(NC(=O)N(C)C[C@H](O)C(F)(F)F)ccc1OC(C)C. The number of aliphatic hydroxyl groups is 1. The van der Waals surface area contributed by atoms with E-state index in [-0.39, 0.29) is 6.10 Å². The highest BCUT2D eigenvalue weighted by Gasteiger charge is 2.39. The minimum absolute atomic E-state index is 0.00382. The van der Waals surface area contributed by atoms with E-state index in [0.717, 1.165) is 10.5 Å². The Morgan fingerprint density at radius 1 is 1.39 bits per heavy atom. The Labute approximate surface area is 133 Å². The van der Waals surface area contributed by atoms with Crippen LogP contribution >= 0.6 is 0 Å². The standard InChI is InChI=1S/C15H21F3N2O3/c1-9(2)23-12-6-5-11(7-10(12)3)19-14(22)20(4)8-13(21)15(16,17)18/h5-7,9,13,21H,8H2,1-4H3,(H,19,22)/t13-/m0/s1. The fraction of sp³-hybridized carbons (Fsp3) is 0.533. The van der Waals surface area contributed by atoms with Gasteiger partial charge in [0.25, 0.3) is 0 Å². The third-order valence-electron chi connectivity index (χ3n) is 2.96. The predicted octanol–water partition coefficient (Wildman–Crippen LogP) is 3.17. The summed E-state index contributed by atoms with van der Waals surface area (Å²) in [6.07, 6.45) is -7.34. The molecule has 2 amide bonds. The van der Waals surface area contributed by atoms with Gasteiger partial charge in [0.05, 0.1) is 12.6 Å². The number of hydrogen-bond acceptors (Lipinski definition) is 3. The average molecular weight is 334 g/mol. The second-order valence-electron chi connectivity index (χ2n) is 5.51. The van der Waals surface area contributed by atoms with Gasteiger partial charge in [-0.25, -0.2) is 4.79 Å². The van der Waals surface area contributed by atoms with Crippen molar-refractivity contribution in [1.29, 1.82) is 0 Å². The zero-order valence-electron chi connectivity index (χ0n) is 13.4. The molecule has 0 bridgehead atoms. The van der Waals surface area contributed by atoms with Crippen LogP contribution in [0.2, 0.25) is 0 Å². The number of nitrogens with one attached hydrogen (secondary N) is 1. The zero-order chi connectivity index (χ0) is 17.8. The molecular formula is C15H21F3N2O3. The highest BCUT2D eigenvalue weighted by atomic mass is 19.4. The minimum Gasteiger partial charge on any atom is -0.491 e. The predicted molar refractivity (Wildman–Crippen MR) is 80.7 cm³/mol. The monoisotopic (exact) mass is 334 g/mol. The lowest BCUT2D eigenvalue weighted by Crippen LogP contribution is -2.43. The lowest BCUT2D eigenvalue weighted by molar-refractivity contribution is -0.205. The summed E-state index contributed by atoms with van der Waals surface area (Å²) in [7, 11) is 1.17. The normalized spacial score (nSPS) is 12.9. The molecule has 0 aliphatic carbocycles. The van der Waals surface area contributed by atoms with E-state index < -0.39 is 24.9 Å². The minimum atomic E-state index is -4.76. The average Bonchev–Trinajstić information content (AvgIpc) is 2.40. The van der Waals surface area contributed by atoms with Crippen LogP contribution in [0.5, 0.6) is 5.75 Å². The molecule has 0 saturated carbocycles. The zero-order valence-corrected chi connectivity index (χ0v) is 13.4. The maximum Gasteiger partial charge on any atom is 0.416 e. The molecule has 2 N–H and O–H groups in total. The van der Waals surface area contributed by atoms with Crippen LogP contribution in [0.15, 0.2) is 18.2 Å². The maximum absolute atomic E-state index is 12.3. The van der Waals surface area contributed by atoms with Gasteiger partial charge in [0.2, 0.25) is 0 Å². The molecule has 0 aliphatic heterocycles. The molecule has 0 saturated heterocycles. The molecule has 8 heteroatoms. The number of benzene rings is 1. The molecule has 0 aliphatic rings. The summed E-state index contributed by atoms with van der Waals surface area (Å²) < 4.78 is 42.4. The number of urea groups is 1. The van der Waals surface area contributed by atoms with Crippen LogP contribution in [0.25, 0.3) is 0 Å². The van der Waals surface area contributed by atoms with E-state index in [1.807, 2.05) is 13.8 Å². The van der Waals surface area contributed by atoms with Crippen molar-refractivity contribution >= 4 is 11.7 Å². The number of halogens is 3. The van der Waals surface area contributed by atoms with E-state index in [1.54, 1.807) is 25.1 Å². The number of anilines is 1. The third kappa shape index (κ3) is 5.97. The van der Waals surface area contributed by atoms with Gasteiger partial charge in [-0.15, -0.1) is 0 Å². The van der Waals surface area contributed by atoms with Gasteiger partial charge in [-0.3, -0.25) is 0 Å². The smallest absolute Gasteiger partial charge is 0.416 e. The van der Waals surface area contributed by atoms with Crippen molar-refractivity contribution in [2.75, 3.05) is 18.9 Å². The third-order valence-corrected chi connectivity index (χ3v) is 2.96. The number of carbonyl (C=O) groups excluding carboxylic acids is 1. The van der Waals surface area contributed by atoms with E-state index in [2.05, 4.69) is 5.32 Å². The molecule has 1 atom stereocenters.